The molecule has 0 aliphatic rings. The maximum atomic E-state index is 13.5. The summed E-state index contributed by atoms with van der Waals surface area (Å²) in [6.45, 7) is 2.75. The quantitative estimate of drug-likeness (QED) is 0.220. The molecule has 3 aromatic carbocycles. The Hall–Kier alpha value is -3.32. The van der Waals surface area contributed by atoms with Gasteiger partial charge < -0.3 is 0 Å². The van der Waals surface area contributed by atoms with Gasteiger partial charge in [0.25, 0.3) is 0 Å². The maximum Gasteiger partial charge on any atom is 0.459 e. The Labute approximate surface area is 191 Å². The van der Waals surface area contributed by atoms with Crippen LogP contribution in [0, 0.1) is 13.8 Å². The van der Waals surface area contributed by atoms with Crippen LogP contribution in [0.1, 0.15) is 48.5 Å². The first-order valence-electron chi connectivity index (χ1n) is 9.74. The van der Waals surface area contributed by atoms with Crippen molar-refractivity contribution in [2.45, 2.75) is 26.2 Å². The Morgan fingerprint density at radius 2 is 1.26 bits per heavy atom. The number of hydrogen-bond donors (Lipinski definition) is 0. The van der Waals surface area contributed by atoms with E-state index in [2.05, 4.69) is 0 Å². The average Bonchev–Trinajstić information content (AvgIpc) is 2.77. The molecule has 0 N–H and O–H groups in total. The van der Waals surface area contributed by atoms with E-state index in [1.165, 1.54) is 38.1 Å². The summed E-state index contributed by atoms with van der Waals surface area (Å²) in [5.41, 5.74) is -6.65. The highest BCUT2D eigenvalue weighted by atomic mass is 31.1. The fourth-order valence-electron chi connectivity index (χ4n) is 3.60. The topological polar surface area (TPSA) is 51.2 Å². The molecule has 10 heteroatoms. The summed E-state index contributed by atoms with van der Waals surface area (Å²) in [6, 6.07) is 11.9. The maximum absolute atomic E-state index is 13.5. The van der Waals surface area contributed by atoms with Crippen LogP contribution in [0.15, 0.2) is 60.7 Å². The number of rotatable bonds is 5. The van der Waals surface area contributed by atoms with Crippen LogP contribution in [-0.4, -0.2) is 11.3 Å². The van der Waals surface area contributed by atoms with Crippen LogP contribution >= 0.6 is 7.80 Å². The molecule has 0 heterocycles. The smallest absolute Gasteiger partial charge is 0.289 e. The van der Waals surface area contributed by atoms with Gasteiger partial charge in [-0.05, 0) is 26.0 Å². The number of carbonyl (C=O) groups excluding carboxylic acids is 2. The SMILES string of the molecule is Cc1ccc(C(=O)c2ccccc2)c(C)c1[P+](=O)C(=O)c1c(C(F)(F)F)cccc1C(F)(F)F. The molecule has 0 aliphatic carbocycles. The minimum absolute atomic E-state index is 0.0306. The van der Waals surface area contributed by atoms with Crippen molar-refractivity contribution < 1.29 is 40.5 Å². The lowest BCUT2D eigenvalue weighted by Gasteiger charge is -2.15. The minimum atomic E-state index is -5.29. The summed E-state index contributed by atoms with van der Waals surface area (Å²) in [6.07, 6.45) is -10.6. The molecule has 3 nitrogen and oxygen atoms in total. The summed E-state index contributed by atoms with van der Waals surface area (Å²) in [7, 11) is -3.43. The normalized spacial score (nSPS) is 12.4. The van der Waals surface area contributed by atoms with Crippen molar-refractivity contribution >= 4 is 24.4 Å². The zero-order chi connectivity index (χ0) is 25.4. The van der Waals surface area contributed by atoms with E-state index in [0.29, 0.717) is 18.2 Å². The van der Waals surface area contributed by atoms with E-state index in [4.69, 9.17) is 0 Å². The molecule has 34 heavy (non-hydrogen) atoms. The van der Waals surface area contributed by atoms with Gasteiger partial charge in [-0.2, -0.15) is 26.3 Å². The zero-order valence-corrected chi connectivity index (χ0v) is 18.6. The molecule has 0 saturated carbocycles. The first kappa shape index (κ1) is 25.3. The van der Waals surface area contributed by atoms with Gasteiger partial charge in [0.2, 0.25) is 5.30 Å². The van der Waals surface area contributed by atoms with Crippen molar-refractivity contribution in [3.63, 3.8) is 0 Å². The van der Waals surface area contributed by atoms with Crippen LogP contribution in [0.25, 0.3) is 0 Å². The third-order valence-corrected chi connectivity index (χ3v) is 6.88. The summed E-state index contributed by atoms with van der Waals surface area (Å²) in [5.74, 6) is -0.498. The Bertz CT molecular complexity index is 1260. The van der Waals surface area contributed by atoms with Gasteiger partial charge in [0, 0.05) is 22.3 Å². The molecule has 0 saturated heterocycles. The molecule has 1 unspecified atom stereocenters. The standard InChI is InChI=1S/C24H16F6O3P/c1-13-11-12-16(20(31)15-7-4-3-5-8-15)14(2)21(13)34(33)22(32)19-17(23(25,26)27)9-6-10-18(19)24(28,29)30/h3-12H,1-2H3/q+1. The second-order valence-corrected chi connectivity index (χ2v) is 8.86. The molecule has 0 radical (unpaired) electrons. The molecule has 3 aromatic rings. The number of carbonyl (C=O) groups is 2. The average molecular weight is 497 g/mol. The number of alkyl halides is 6. The Balaban J connectivity index is 2.19. The van der Waals surface area contributed by atoms with Crippen molar-refractivity contribution in [2.75, 3.05) is 0 Å². The van der Waals surface area contributed by atoms with Gasteiger partial charge in [0.1, 0.15) is 0 Å². The monoisotopic (exact) mass is 497 g/mol. The van der Waals surface area contributed by atoms with Crippen molar-refractivity contribution in [1.29, 1.82) is 0 Å². The fourth-order valence-corrected chi connectivity index (χ4v) is 5.06. The van der Waals surface area contributed by atoms with E-state index < -0.39 is 48.2 Å². The number of hydrogen-bond acceptors (Lipinski definition) is 3. The molecular weight excluding hydrogens is 481 g/mol. The predicted molar refractivity (Wildman–Crippen MR) is 114 cm³/mol. The zero-order valence-electron chi connectivity index (χ0n) is 17.7. The highest BCUT2D eigenvalue weighted by Crippen LogP contribution is 2.43. The number of aryl methyl sites for hydroxylation is 1. The first-order chi connectivity index (χ1) is 15.7. The van der Waals surface area contributed by atoms with E-state index in [1.807, 2.05) is 0 Å². The first-order valence-corrected chi connectivity index (χ1v) is 11.0. The van der Waals surface area contributed by atoms with E-state index in [-0.39, 0.29) is 27.6 Å². The van der Waals surface area contributed by atoms with Crippen LogP contribution in [0.2, 0.25) is 0 Å². The Morgan fingerprint density at radius 3 is 1.76 bits per heavy atom. The third kappa shape index (κ3) is 4.80. The summed E-state index contributed by atoms with van der Waals surface area (Å²) in [5, 5.41) is -0.271. The summed E-state index contributed by atoms with van der Waals surface area (Å²) >= 11 is 0. The van der Waals surface area contributed by atoms with E-state index in [9.17, 15) is 40.5 Å². The lowest BCUT2D eigenvalue weighted by Crippen LogP contribution is -2.22. The van der Waals surface area contributed by atoms with E-state index in [1.54, 1.807) is 18.2 Å². The highest BCUT2D eigenvalue weighted by Gasteiger charge is 2.49. The molecule has 176 valence electrons. The van der Waals surface area contributed by atoms with Gasteiger partial charge in [0.05, 0.1) is 16.7 Å². The Morgan fingerprint density at radius 1 is 0.735 bits per heavy atom. The lowest BCUT2D eigenvalue weighted by atomic mass is 9.97. The summed E-state index contributed by atoms with van der Waals surface area (Å²) < 4.78 is 94.2. The molecule has 0 bridgehead atoms. The number of halogens is 6. The second kappa shape index (κ2) is 9.14. The van der Waals surface area contributed by atoms with Crippen molar-refractivity contribution in [2.24, 2.45) is 0 Å². The molecule has 0 fully saturated rings. The molecule has 0 spiro atoms. The minimum Gasteiger partial charge on any atom is -0.289 e. The van der Waals surface area contributed by atoms with Crippen LogP contribution in [0.5, 0.6) is 0 Å². The van der Waals surface area contributed by atoms with Gasteiger partial charge >= 0.3 is 25.7 Å². The van der Waals surface area contributed by atoms with Crippen LogP contribution in [0.4, 0.5) is 26.3 Å². The molecule has 3 rings (SSSR count). The molecule has 0 aliphatic heterocycles. The molecule has 1 atom stereocenters. The lowest BCUT2D eigenvalue weighted by molar-refractivity contribution is -0.143. The van der Waals surface area contributed by atoms with E-state index >= 15 is 0 Å². The van der Waals surface area contributed by atoms with Gasteiger partial charge in [-0.3, -0.25) is 4.79 Å². The highest BCUT2D eigenvalue weighted by molar-refractivity contribution is 7.71. The van der Waals surface area contributed by atoms with Gasteiger partial charge in [0.15, 0.2) is 5.78 Å². The van der Waals surface area contributed by atoms with Crippen molar-refractivity contribution in [1.82, 2.24) is 0 Å². The number of benzene rings is 3. The van der Waals surface area contributed by atoms with Crippen molar-refractivity contribution in [3.8, 4) is 0 Å². The van der Waals surface area contributed by atoms with Gasteiger partial charge in [-0.25, -0.2) is 4.79 Å². The van der Waals surface area contributed by atoms with Gasteiger partial charge in [-0.1, -0.05) is 53.1 Å². The number of ketones is 1. The largest absolute Gasteiger partial charge is 0.459 e. The predicted octanol–water partition coefficient (Wildman–Crippen LogP) is 6.87. The van der Waals surface area contributed by atoms with Crippen molar-refractivity contribution in [3.05, 3.63) is 99.6 Å². The van der Waals surface area contributed by atoms with Crippen LogP contribution < -0.4 is 5.30 Å². The second-order valence-electron chi connectivity index (χ2n) is 7.42. The third-order valence-electron chi connectivity index (χ3n) is 5.19. The van der Waals surface area contributed by atoms with E-state index in [0.717, 1.165) is 0 Å². The van der Waals surface area contributed by atoms with Gasteiger partial charge in [-0.15, -0.1) is 0 Å². The fraction of sp³-hybridized carbons (Fsp3) is 0.167. The van der Waals surface area contributed by atoms with Crippen LogP contribution in [0.3, 0.4) is 0 Å². The Kier molecular flexibility index (Phi) is 6.80. The molecule has 0 amide bonds. The summed E-state index contributed by atoms with van der Waals surface area (Å²) in [4.78, 5) is 25.9. The van der Waals surface area contributed by atoms with Crippen LogP contribution in [-0.2, 0) is 16.9 Å². The molecule has 0 aromatic heterocycles. The molecular formula is C24H16F6O3P+.